The van der Waals surface area contributed by atoms with Crippen molar-refractivity contribution < 1.29 is 14.7 Å². The number of amides is 3. The fourth-order valence-corrected chi connectivity index (χ4v) is 2.43. The van der Waals surface area contributed by atoms with Gasteiger partial charge in [-0.25, -0.2) is 4.79 Å². The van der Waals surface area contributed by atoms with Crippen LogP contribution in [-0.4, -0.2) is 23.6 Å². The van der Waals surface area contributed by atoms with E-state index in [0.717, 1.165) is 0 Å². The number of rotatable bonds is 0. The smallest absolute Gasteiger partial charge is 0.322 e. The second-order valence-corrected chi connectivity index (χ2v) is 4.22. The molecule has 1 aromatic carbocycles. The van der Waals surface area contributed by atoms with E-state index in [1.54, 1.807) is 12.1 Å². The van der Waals surface area contributed by atoms with Gasteiger partial charge in [-0.3, -0.25) is 10.1 Å². The van der Waals surface area contributed by atoms with Crippen LogP contribution in [0.1, 0.15) is 12.0 Å². The van der Waals surface area contributed by atoms with Crippen molar-refractivity contribution in [3.05, 3.63) is 23.8 Å². The summed E-state index contributed by atoms with van der Waals surface area (Å²) < 4.78 is 0. The van der Waals surface area contributed by atoms with Gasteiger partial charge >= 0.3 is 6.03 Å². The Morgan fingerprint density at radius 2 is 2.12 bits per heavy atom. The zero-order valence-electron chi connectivity index (χ0n) is 8.91. The number of hydrogen-bond donors (Lipinski definition) is 4. The molecule has 1 unspecified atom stereocenters. The molecule has 1 saturated heterocycles. The molecule has 1 atom stereocenters. The molecule has 1 aromatic rings. The molecule has 6 nitrogen and oxygen atoms in total. The van der Waals surface area contributed by atoms with Gasteiger partial charge in [0, 0.05) is 30.3 Å². The summed E-state index contributed by atoms with van der Waals surface area (Å²) in [7, 11) is 0. The molecule has 1 spiro atoms. The first kappa shape index (κ1) is 9.95. The van der Waals surface area contributed by atoms with Crippen molar-refractivity contribution in [3.8, 4) is 5.75 Å². The van der Waals surface area contributed by atoms with Gasteiger partial charge in [0.2, 0.25) is 0 Å². The van der Waals surface area contributed by atoms with E-state index in [4.69, 9.17) is 0 Å². The van der Waals surface area contributed by atoms with E-state index >= 15 is 0 Å². The molecule has 3 rings (SSSR count). The molecule has 0 bridgehead atoms. The summed E-state index contributed by atoms with van der Waals surface area (Å²) in [6.07, 6.45) is 0.488. The van der Waals surface area contributed by atoms with Crippen LogP contribution >= 0.6 is 0 Å². The quantitative estimate of drug-likeness (QED) is 0.483. The molecule has 0 aliphatic carbocycles. The van der Waals surface area contributed by atoms with Crippen LogP contribution in [-0.2, 0) is 10.3 Å². The van der Waals surface area contributed by atoms with Crippen LogP contribution in [0.4, 0.5) is 10.5 Å². The van der Waals surface area contributed by atoms with Crippen molar-refractivity contribution in [3.63, 3.8) is 0 Å². The van der Waals surface area contributed by atoms with Gasteiger partial charge in [0.15, 0.2) is 0 Å². The highest BCUT2D eigenvalue weighted by Gasteiger charge is 2.49. The monoisotopic (exact) mass is 233 g/mol. The fourth-order valence-electron chi connectivity index (χ4n) is 2.43. The number of imide groups is 1. The Kier molecular flexibility index (Phi) is 1.83. The lowest BCUT2D eigenvalue weighted by Gasteiger charge is -2.33. The lowest BCUT2D eigenvalue weighted by molar-refractivity contribution is -0.124. The first-order chi connectivity index (χ1) is 8.12. The number of nitrogens with one attached hydrogen (secondary N) is 3. The molecule has 88 valence electrons. The van der Waals surface area contributed by atoms with Gasteiger partial charge in [0.05, 0.1) is 0 Å². The topological polar surface area (TPSA) is 90.5 Å². The summed E-state index contributed by atoms with van der Waals surface area (Å²) in [6.45, 7) is 0.560. The fraction of sp³-hybridized carbons (Fsp3) is 0.273. The maximum Gasteiger partial charge on any atom is 0.322 e. The first-order valence-corrected chi connectivity index (χ1v) is 5.33. The highest BCUT2D eigenvalue weighted by molar-refractivity contribution is 6.08. The van der Waals surface area contributed by atoms with E-state index in [0.29, 0.717) is 24.2 Å². The Morgan fingerprint density at radius 1 is 1.29 bits per heavy atom. The van der Waals surface area contributed by atoms with E-state index < -0.39 is 11.6 Å². The number of urea groups is 1. The van der Waals surface area contributed by atoms with Crippen molar-refractivity contribution in [1.29, 1.82) is 0 Å². The number of carbonyl (C=O) groups is 2. The number of aromatic hydroxyl groups is 1. The Bertz CT molecular complexity index is 529. The molecule has 17 heavy (non-hydrogen) atoms. The van der Waals surface area contributed by atoms with Crippen molar-refractivity contribution in [1.82, 2.24) is 10.6 Å². The lowest BCUT2D eigenvalue weighted by atomic mass is 9.83. The third-order valence-corrected chi connectivity index (χ3v) is 3.22. The van der Waals surface area contributed by atoms with Gasteiger partial charge in [-0.05, 0) is 6.07 Å². The largest absolute Gasteiger partial charge is 0.508 e. The van der Waals surface area contributed by atoms with Crippen LogP contribution in [0.5, 0.6) is 5.75 Å². The predicted octanol–water partition coefficient (Wildman–Crippen LogP) is 0.243. The summed E-state index contributed by atoms with van der Waals surface area (Å²) >= 11 is 0. The normalized spacial score (nSPS) is 26.1. The van der Waals surface area contributed by atoms with E-state index in [-0.39, 0.29) is 11.7 Å². The third kappa shape index (κ3) is 1.27. The van der Waals surface area contributed by atoms with E-state index in [9.17, 15) is 14.7 Å². The van der Waals surface area contributed by atoms with Crippen LogP contribution in [0.2, 0.25) is 0 Å². The minimum absolute atomic E-state index is 0.123. The summed E-state index contributed by atoms with van der Waals surface area (Å²) in [6, 6.07) is 4.23. The van der Waals surface area contributed by atoms with Gasteiger partial charge in [-0.2, -0.15) is 0 Å². The van der Waals surface area contributed by atoms with E-state index in [1.165, 1.54) is 6.07 Å². The number of fused-ring (bicyclic) bond motifs is 2. The standard InChI is InChI=1S/C11H11N3O3/c15-6-1-2-7-8(5-6)12-4-3-11(7)9(16)13-10(17)14-11/h1-2,5,12,15H,3-4H2,(H2,13,14,16,17). The minimum atomic E-state index is -0.995. The Hall–Kier alpha value is -2.24. The molecule has 3 amide bonds. The number of benzene rings is 1. The molecule has 2 aliphatic rings. The lowest BCUT2D eigenvalue weighted by Crippen LogP contribution is -2.47. The summed E-state index contributed by atoms with van der Waals surface area (Å²) in [5.41, 5.74) is 0.365. The molecule has 2 heterocycles. The summed E-state index contributed by atoms with van der Waals surface area (Å²) in [4.78, 5) is 23.2. The van der Waals surface area contributed by atoms with Crippen LogP contribution in [0.25, 0.3) is 0 Å². The Labute approximate surface area is 97.0 Å². The van der Waals surface area contributed by atoms with Crippen molar-refractivity contribution in [2.24, 2.45) is 0 Å². The van der Waals surface area contributed by atoms with Crippen molar-refractivity contribution in [2.45, 2.75) is 12.0 Å². The zero-order chi connectivity index (χ0) is 12.0. The van der Waals surface area contributed by atoms with Crippen molar-refractivity contribution >= 4 is 17.6 Å². The zero-order valence-corrected chi connectivity index (χ0v) is 8.91. The number of anilines is 1. The van der Waals surface area contributed by atoms with E-state index in [2.05, 4.69) is 16.0 Å². The number of hydrogen-bond acceptors (Lipinski definition) is 4. The number of carbonyl (C=O) groups excluding carboxylic acids is 2. The number of phenols is 1. The first-order valence-electron chi connectivity index (χ1n) is 5.33. The Balaban J connectivity index is 2.17. The molecular formula is C11H11N3O3. The van der Waals surface area contributed by atoms with Gasteiger partial charge in [0.25, 0.3) is 5.91 Å². The maximum atomic E-state index is 11.9. The molecule has 0 saturated carbocycles. The second-order valence-electron chi connectivity index (χ2n) is 4.22. The molecule has 0 radical (unpaired) electrons. The van der Waals surface area contributed by atoms with Crippen molar-refractivity contribution in [2.75, 3.05) is 11.9 Å². The predicted molar refractivity (Wildman–Crippen MR) is 59.6 cm³/mol. The van der Waals surface area contributed by atoms with E-state index in [1.807, 2.05) is 0 Å². The third-order valence-electron chi connectivity index (χ3n) is 3.22. The average Bonchev–Trinajstić information content (AvgIpc) is 2.54. The average molecular weight is 233 g/mol. The SMILES string of the molecule is O=C1NC(=O)C2(CCNc3cc(O)ccc32)N1. The Morgan fingerprint density at radius 3 is 2.82 bits per heavy atom. The molecule has 4 N–H and O–H groups in total. The molecule has 0 aromatic heterocycles. The van der Waals surface area contributed by atoms with Crippen LogP contribution in [0.3, 0.4) is 0 Å². The van der Waals surface area contributed by atoms with Crippen LogP contribution < -0.4 is 16.0 Å². The van der Waals surface area contributed by atoms with Gasteiger partial charge in [-0.1, -0.05) is 6.07 Å². The molecular weight excluding hydrogens is 222 g/mol. The van der Waals surface area contributed by atoms with Gasteiger partial charge in [0.1, 0.15) is 11.3 Å². The molecule has 6 heteroatoms. The summed E-state index contributed by atoms with van der Waals surface area (Å²) in [5, 5.41) is 17.4. The van der Waals surface area contributed by atoms with Gasteiger partial charge in [-0.15, -0.1) is 0 Å². The minimum Gasteiger partial charge on any atom is -0.508 e. The van der Waals surface area contributed by atoms with Crippen LogP contribution in [0.15, 0.2) is 18.2 Å². The molecule has 1 fully saturated rings. The number of phenolic OH excluding ortho intramolecular Hbond substituents is 1. The highest BCUT2D eigenvalue weighted by Crippen LogP contribution is 2.38. The molecule has 2 aliphatic heterocycles. The summed E-state index contributed by atoms with van der Waals surface area (Å²) in [5.74, 6) is -0.214. The highest BCUT2D eigenvalue weighted by atomic mass is 16.3. The van der Waals surface area contributed by atoms with Gasteiger partial charge < -0.3 is 15.7 Å². The van der Waals surface area contributed by atoms with Crippen LogP contribution in [0, 0.1) is 0 Å². The second kappa shape index (κ2) is 3.13. The maximum absolute atomic E-state index is 11.9.